The van der Waals surface area contributed by atoms with Crippen LogP contribution in [0.5, 0.6) is 5.75 Å². The van der Waals surface area contributed by atoms with Crippen LogP contribution in [0.2, 0.25) is 0 Å². The molecule has 0 radical (unpaired) electrons. The lowest BCUT2D eigenvalue weighted by molar-refractivity contribution is 0.261. The van der Waals surface area contributed by atoms with Gasteiger partial charge in [-0.2, -0.15) is 8.78 Å². The van der Waals surface area contributed by atoms with Crippen LogP contribution in [0.3, 0.4) is 0 Å². The van der Waals surface area contributed by atoms with E-state index in [0.29, 0.717) is 5.56 Å². The number of halogens is 4. The first-order valence-electron chi connectivity index (χ1n) is 6.06. The van der Waals surface area contributed by atoms with Gasteiger partial charge >= 0.3 is 0 Å². The standard InChI is InChI=1S/C15H12F4O/c1-2-9-3-5-10(6-4-9)8-20-15-13(18)11(16)7-12(17)14(15)19/h3-7H,2,8H2,1H3. The summed E-state index contributed by atoms with van der Waals surface area (Å²) in [6.45, 7) is 1.81. The third-order valence-electron chi connectivity index (χ3n) is 2.89. The van der Waals surface area contributed by atoms with Gasteiger partial charge in [-0.3, -0.25) is 0 Å². The number of aryl methyl sites for hydroxylation is 1. The maximum Gasteiger partial charge on any atom is 0.203 e. The zero-order valence-electron chi connectivity index (χ0n) is 10.7. The van der Waals surface area contributed by atoms with Gasteiger partial charge in [-0.1, -0.05) is 31.2 Å². The summed E-state index contributed by atoms with van der Waals surface area (Å²) in [6.07, 6.45) is 0.861. The Morgan fingerprint density at radius 2 is 1.35 bits per heavy atom. The monoisotopic (exact) mass is 284 g/mol. The molecule has 0 spiro atoms. The van der Waals surface area contributed by atoms with Crippen LogP contribution in [0.1, 0.15) is 18.1 Å². The van der Waals surface area contributed by atoms with Gasteiger partial charge in [0, 0.05) is 6.07 Å². The molecule has 0 aliphatic heterocycles. The van der Waals surface area contributed by atoms with E-state index in [9.17, 15) is 17.6 Å². The minimum Gasteiger partial charge on any atom is -0.483 e. The third-order valence-corrected chi connectivity index (χ3v) is 2.89. The van der Waals surface area contributed by atoms with Gasteiger partial charge < -0.3 is 4.74 Å². The molecule has 0 atom stereocenters. The second-order valence-corrected chi connectivity index (χ2v) is 4.26. The molecule has 106 valence electrons. The van der Waals surface area contributed by atoms with Crippen LogP contribution in [-0.4, -0.2) is 0 Å². The molecular weight excluding hydrogens is 272 g/mol. The Morgan fingerprint density at radius 3 is 1.85 bits per heavy atom. The van der Waals surface area contributed by atoms with E-state index in [-0.39, 0.29) is 12.7 Å². The lowest BCUT2D eigenvalue weighted by Gasteiger charge is -2.09. The van der Waals surface area contributed by atoms with Crippen molar-refractivity contribution in [3.63, 3.8) is 0 Å². The van der Waals surface area contributed by atoms with Crippen molar-refractivity contribution in [1.82, 2.24) is 0 Å². The number of benzene rings is 2. The summed E-state index contributed by atoms with van der Waals surface area (Å²) in [7, 11) is 0. The van der Waals surface area contributed by atoms with Gasteiger partial charge in [0.15, 0.2) is 17.4 Å². The highest BCUT2D eigenvalue weighted by Gasteiger charge is 2.20. The average Bonchev–Trinajstić information content (AvgIpc) is 2.46. The van der Waals surface area contributed by atoms with Gasteiger partial charge in [0.2, 0.25) is 11.6 Å². The van der Waals surface area contributed by atoms with Crippen molar-refractivity contribution in [3.8, 4) is 5.75 Å². The SMILES string of the molecule is CCc1ccc(COc2c(F)c(F)cc(F)c2F)cc1. The Bertz CT molecular complexity index is 582. The number of rotatable bonds is 4. The van der Waals surface area contributed by atoms with Crippen molar-refractivity contribution in [3.05, 3.63) is 64.7 Å². The van der Waals surface area contributed by atoms with Crippen molar-refractivity contribution in [2.45, 2.75) is 20.0 Å². The zero-order chi connectivity index (χ0) is 14.7. The van der Waals surface area contributed by atoms with Crippen molar-refractivity contribution in [1.29, 1.82) is 0 Å². The van der Waals surface area contributed by atoms with Gasteiger partial charge in [0.25, 0.3) is 0 Å². The predicted octanol–water partition coefficient (Wildman–Crippen LogP) is 4.38. The predicted molar refractivity (Wildman–Crippen MR) is 66.4 cm³/mol. The molecule has 5 heteroatoms. The summed E-state index contributed by atoms with van der Waals surface area (Å²) in [5.41, 5.74) is 1.74. The molecule has 2 rings (SSSR count). The van der Waals surface area contributed by atoms with Gasteiger partial charge in [-0.25, -0.2) is 8.78 Å². The van der Waals surface area contributed by atoms with Crippen molar-refractivity contribution < 1.29 is 22.3 Å². The number of ether oxygens (including phenoxy) is 1. The Hall–Kier alpha value is -2.04. The molecular formula is C15H12F4O. The molecule has 0 amide bonds. The van der Waals surface area contributed by atoms with Crippen LogP contribution in [0.15, 0.2) is 30.3 Å². The molecule has 2 aromatic rings. The van der Waals surface area contributed by atoms with Crippen LogP contribution in [-0.2, 0) is 13.0 Å². The fourth-order valence-electron chi connectivity index (χ4n) is 1.70. The van der Waals surface area contributed by atoms with Gasteiger partial charge in [-0.15, -0.1) is 0 Å². The Balaban J connectivity index is 2.18. The second kappa shape index (κ2) is 5.94. The van der Waals surface area contributed by atoms with E-state index in [1.165, 1.54) is 0 Å². The van der Waals surface area contributed by atoms with Crippen molar-refractivity contribution >= 4 is 0 Å². The molecule has 0 saturated carbocycles. The molecule has 0 heterocycles. The van der Waals surface area contributed by atoms with Crippen LogP contribution >= 0.6 is 0 Å². The molecule has 20 heavy (non-hydrogen) atoms. The minimum absolute atomic E-state index is 0.146. The molecule has 0 unspecified atom stereocenters. The maximum atomic E-state index is 13.4. The normalized spacial score (nSPS) is 10.7. The Kier molecular flexibility index (Phi) is 4.27. The molecule has 0 N–H and O–H groups in total. The van der Waals surface area contributed by atoms with Crippen LogP contribution in [0.25, 0.3) is 0 Å². The third kappa shape index (κ3) is 2.92. The van der Waals surface area contributed by atoms with Crippen LogP contribution < -0.4 is 4.74 Å². The van der Waals surface area contributed by atoms with Gasteiger partial charge in [0.05, 0.1) is 0 Å². The molecule has 2 aromatic carbocycles. The minimum atomic E-state index is -1.53. The smallest absolute Gasteiger partial charge is 0.203 e. The highest BCUT2D eigenvalue weighted by atomic mass is 19.2. The molecule has 0 fully saturated rings. The lowest BCUT2D eigenvalue weighted by Crippen LogP contribution is -2.03. The van der Waals surface area contributed by atoms with Crippen molar-refractivity contribution in [2.75, 3.05) is 0 Å². The van der Waals surface area contributed by atoms with E-state index in [1.807, 2.05) is 19.1 Å². The van der Waals surface area contributed by atoms with Gasteiger partial charge in [-0.05, 0) is 17.5 Å². The first-order valence-corrected chi connectivity index (χ1v) is 6.06. The maximum absolute atomic E-state index is 13.4. The summed E-state index contributed by atoms with van der Waals surface area (Å²) in [5.74, 6) is -7.08. The molecule has 0 aromatic heterocycles. The van der Waals surface area contributed by atoms with E-state index in [2.05, 4.69) is 0 Å². The zero-order valence-corrected chi connectivity index (χ0v) is 10.7. The quantitative estimate of drug-likeness (QED) is 0.598. The first-order chi connectivity index (χ1) is 9.52. The van der Waals surface area contributed by atoms with Crippen LogP contribution in [0.4, 0.5) is 17.6 Å². The van der Waals surface area contributed by atoms with E-state index in [0.717, 1.165) is 12.0 Å². The summed E-state index contributed by atoms with van der Waals surface area (Å²) in [6, 6.07) is 7.29. The van der Waals surface area contributed by atoms with E-state index in [1.54, 1.807) is 12.1 Å². The van der Waals surface area contributed by atoms with E-state index in [4.69, 9.17) is 4.74 Å². The number of hydrogen-bond donors (Lipinski definition) is 0. The van der Waals surface area contributed by atoms with E-state index < -0.39 is 29.0 Å². The van der Waals surface area contributed by atoms with Crippen LogP contribution in [0, 0.1) is 23.3 Å². The highest BCUT2D eigenvalue weighted by molar-refractivity contribution is 5.29. The largest absolute Gasteiger partial charge is 0.483 e. The fourth-order valence-corrected chi connectivity index (χ4v) is 1.70. The lowest BCUT2D eigenvalue weighted by atomic mass is 10.1. The number of hydrogen-bond acceptors (Lipinski definition) is 1. The average molecular weight is 284 g/mol. The second-order valence-electron chi connectivity index (χ2n) is 4.26. The van der Waals surface area contributed by atoms with E-state index >= 15 is 0 Å². The Morgan fingerprint density at radius 1 is 0.850 bits per heavy atom. The fraction of sp³-hybridized carbons (Fsp3) is 0.200. The molecule has 0 aliphatic carbocycles. The highest BCUT2D eigenvalue weighted by Crippen LogP contribution is 2.27. The molecule has 0 bridgehead atoms. The molecule has 0 saturated heterocycles. The first kappa shape index (κ1) is 14.4. The summed E-state index contributed by atoms with van der Waals surface area (Å²) < 4.78 is 57.5. The Labute approximate surface area is 113 Å². The topological polar surface area (TPSA) is 9.23 Å². The molecule has 0 aliphatic rings. The summed E-state index contributed by atoms with van der Waals surface area (Å²) in [5, 5.41) is 0. The van der Waals surface area contributed by atoms with Crippen molar-refractivity contribution in [2.24, 2.45) is 0 Å². The van der Waals surface area contributed by atoms with Gasteiger partial charge in [0.1, 0.15) is 6.61 Å². The molecule has 1 nitrogen and oxygen atoms in total. The summed E-state index contributed by atoms with van der Waals surface area (Å²) in [4.78, 5) is 0. The summed E-state index contributed by atoms with van der Waals surface area (Å²) >= 11 is 0.